The monoisotopic (exact) mass is 253 g/mol. The van der Waals surface area contributed by atoms with E-state index in [1.807, 2.05) is 12.4 Å². The molecule has 96 valence electrons. The topological polar surface area (TPSA) is 40.7 Å². The van der Waals surface area contributed by atoms with E-state index in [9.17, 15) is 0 Å². The van der Waals surface area contributed by atoms with E-state index in [0.29, 0.717) is 17.5 Å². The van der Waals surface area contributed by atoms with Gasteiger partial charge in [-0.3, -0.25) is 0 Å². The number of aromatic amines is 1. The summed E-state index contributed by atoms with van der Waals surface area (Å²) in [6.07, 6.45) is 6.07. The summed E-state index contributed by atoms with van der Waals surface area (Å²) in [6.45, 7) is 6.94. The molecule has 1 aromatic heterocycles. The Balaban J connectivity index is 1.95. The maximum atomic E-state index is 4.36. The summed E-state index contributed by atoms with van der Waals surface area (Å²) in [5.74, 6) is 3.57. The first-order valence-corrected chi connectivity index (χ1v) is 7.59. The normalized spacial score (nSPS) is 25.7. The first kappa shape index (κ1) is 13.0. The van der Waals surface area contributed by atoms with Crippen molar-refractivity contribution in [1.82, 2.24) is 15.3 Å². The van der Waals surface area contributed by atoms with Crippen LogP contribution in [0.25, 0.3) is 0 Å². The molecule has 0 aromatic carbocycles. The molecular formula is C13H23N3S. The Labute approximate surface area is 108 Å². The van der Waals surface area contributed by atoms with Gasteiger partial charge < -0.3 is 10.3 Å². The molecule has 17 heavy (non-hydrogen) atoms. The smallest absolute Gasteiger partial charge is 0.123 e. The van der Waals surface area contributed by atoms with Crippen LogP contribution in [0.15, 0.2) is 12.4 Å². The number of rotatable bonds is 4. The van der Waals surface area contributed by atoms with Gasteiger partial charge in [-0.1, -0.05) is 20.8 Å². The zero-order valence-electron chi connectivity index (χ0n) is 11.0. The summed E-state index contributed by atoms with van der Waals surface area (Å²) < 4.78 is 0. The van der Waals surface area contributed by atoms with E-state index in [1.165, 1.54) is 17.9 Å². The number of nitrogens with one attached hydrogen (secondary N) is 2. The molecular weight excluding hydrogens is 230 g/mol. The van der Waals surface area contributed by atoms with Crippen LogP contribution in [0.5, 0.6) is 0 Å². The second-order valence-corrected chi connectivity index (χ2v) is 6.71. The van der Waals surface area contributed by atoms with Crippen molar-refractivity contribution in [2.45, 2.75) is 45.7 Å². The quantitative estimate of drug-likeness (QED) is 0.866. The SMILES string of the molecule is CCC(NC1CSCC(C)(C)C1)c1ncc[nH]1. The third-order valence-electron chi connectivity index (χ3n) is 3.31. The van der Waals surface area contributed by atoms with Crippen LogP contribution >= 0.6 is 11.8 Å². The third kappa shape index (κ3) is 3.49. The van der Waals surface area contributed by atoms with Gasteiger partial charge >= 0.3 is 0 Å². The molecule has 1 aliphatic heterocycles. The standard InChI is InChI=1S/C13H23N3S/c1-4-11(12-14-5-6-15-12)16-10-7-13(2,3)9-17-8-10/h5-6,10-11,16H,4,7-9H2,1-3H3,(H,14,15). The predicted octanol–water partition coefficient (Wildman–Crippen LogP) is 2.98. The minimum atomic E-state index is 0.365. The van der Waals surface area contributed by atoms with E-state index >= 15 is 0 Å². The van der Waals surface area contributed by atoms with E-state index in [1.54, 1.807) is 0 Å². The Hall–Kier alpha value is -0.480. The minimum Gasteiger partial charge on any atom is -0.347 e. The highest BCUT2D eigenvalue weighted by Crippen LogP contribution is 2.34. The highest BCUT2D eigenvalue weighted by molar-refractivity contribution is 7.99. The molecule has 2 heterocycles. The molecule has 0 aliphatic carbocycles. The summed E-state index contributed by atoms with van der Waals surface area (Å²) >= 11 is 2.07. The molecule has 0 saturated carbocycles. The molecule has 4 heteroatoms. The van der Waals surface area contributed by atoms with Crippen LogP contribution in [0.4, 0.5) is 0 Å². The molecule has 0 radical (unpaired) electrons. The number of H-pyrrole nitrogens is 1. The van der Waals surface area contributed by atoms with Crippen LogP contribution in [-0.4, -0.2) is 27.5 Å². The van der Waals surface area contributed by atoms with Crippen LogP contribution in [0.2, 0.25) is 0 Å². The Bertz CT molecular complexity index is 334. The molecule has 2 unspecified atom stereocenters. The van der Waals surface area contributed by atoms with Crippen molar-refractivity contribution in [1.29, 1.82) is 0 Å². The second kappa shape index (κ2) is 5.44. The van der Waals surface area contributed by atoms with Crippen LogP contribution in [-0.2, 0) is 0 Å². The fourth-order valence-corrected chi connectivity index (χ4v) is 3.80. The first-order chi connectivity index (χ1) is 8.11. The number of hydrogen-bond donors (Lipinski definition) is 2. The number of thioether (sulfide) groups is 1. The number of hydrogen-bond acceptors (Lipinski definition) is 3. The van der Waals surface area contributed by atoms with Gasteiger partial charge in [0.05, 0.1) is 6.04 Å². The van der Waals surface area contributed by atoms with Gasteiger partial charge in [0.25, 0.3) is 0 Å². The van der Waals surface area contributed by atoms with Crippen molar-refractivity contribution < 1.29 is 0 Å². The lowest BCUT2D eigenvalue weighted by Crippen LogP contribution is -2.42. The number of imidazole rings is 1. The van der Waals surface area contributed by atoms with Crippen molar-refractivity contribution in [2.24, 2.45) is 5.41 Å². The minimum absolute atomic E-state index is 0.365. The molecule has 1 saturated heterocycles. The van der Waals surface area contributed by atoms with E-state index in [0.717, 1.165) is 12.2 Å². The lowest BCUT2D eigenvalue weighted by atomic mass is 9.87. The summed E-state index contributed by atoms with van der Waals surface area (Å²) in [5.41, 5.74) is 0.460. The first-order valence-electron chi connectivity index (χ1n) is 6.44. The van der Waals surface area contributed by atoms with E-state index in [-0.39, 0.29) is 0 Å². The van der Waals surface area contributed by atoms with Crippen molar-refractivity contribution >= 4 is 11.8 Å². The van der Waals surface area contributed by atoms with Gasteiger partial charge in [0.15, 0.2) is 0 Å². The van der Waals surface area contributed by atoms with Crippen molar-refractivity contribution in [3.05, 3.63) is 18.2 Å². The molecule has 0 bridgehead atoms. The Morgan fingerprint density at radius 3 is 3.06 bits per heavy atom. The van der Waals surface area contributed by atoms with Gasteiger partial charge in [-0.05, 0) is 24.0 Å². The number of aromatic nitrogens is 2. The molecule has 2 N–H and O–H groups in total. The zero-order valence-corrected chi connectivity index (χ0v) is 11.8. The zero-order chi connectivity index (χ0) is 12.3. The summed E-state index contributed by atoms with van der Waals surface area (Å²) in [5, 5.41) is 3.75. The highest BCUT2D eigenvalue weighted by Gasteiger charge is 2.29. The van der Waals surface area contributed by atoms with Gasteiger partial charge in [0.2, 0.25) is 0 Å². The second-order valence-electron chi connectivity index (χ2n) is 5.68. The third-order valence-corrected chi connectivity index (χ3v) is 4.93. The maximum absolute atomic E-state index is 4.36. The van der Waals surface area contributed by atoms with Gasteiger partial charge in [0, 0.05) is 24.2 Å². The average Bonchev–Trinajstić information content (AvgIpc) is 2.78. The fraction of sp³-hybridized carbons (Fsp3) is 0.769. The van der Waals surface area contributed by atoms with Crippen LogP contribution < -0.4 is 5.32 Å². The van der Waals surface area contributed by atoms with Gasteiger partial charge in [0.1, 0.15) is 5.82 Å². The lowest BCUT2D eigenvalue weighted by molar-refractivity contribution is 0.296. The average molecular weight is 253 g/mol. The summed E-state index contributed by atoms with van der Waals surface area (Å²) in [4.78, 5) is 7.58. The largest absolute Gasteiger partial charge is 0.347 e. The number of nitrogens with zero attached hydrogens (tertiary/aromatic N) is 1. The predicted molar refractivity (Wildman–Crippen MR) is 74.3 cm³/mol. The van der Waals surface area contributed by atoms with Crippen molar-refractivity contribution in [3.63, 3.8) is 0 Å². The summed E-state index contributed by atoms with van der Waals surface area (Å²) in [7, 11) is 0. The van der Waals surface area contributed by atoms with E-state index in [2.05, 4.69) is 47.8 Å². The molecule has 2 rings (SSSR count). The highest BCUT2D eigenvalue weighted by atomic mass is 32.2. The Kier molecular flexibility index (Phi) is 4.15. The van der Waals surface area contributed by atoms with Crippen LogP contribution in [0, 0.1) is 5.41 Å². The molecule has 0 amide bonds. The van der Waals surface area contributed by atoms with Crippen molar-refractivity contribution in [2.75, 3.05) is 11.5 Å². The van der Waals surface area contributed by atoms with E-state index in [4.69, 9.17) is 0 Å². The Morgan fingerprint density at radius 2 is 2.47 bits per heavy atom. The van der Waals surface area contributed by atoms with Crippen molar-refractivity contribution in [3.8, 4) is 0 Å². The molecule has 1 fully saturated rings. The van der Waals surface area contributed by atoms with Gasteiger partial charge in [-0.25, -0.2) is 4.98 Å². The van der Waals surface area contributed by atoms with Gasteiger partial charge in [-0.2, -0.15) is 11.8 Å². The fourth-order valence-electron chi connectivity index (χ4n) is 2.51. The Morgan fingerprint density at radius 1 is 1.65 bits per heavy atom. The molecule has 2 atom stereocenters. The molecule has 0 spiro atoms. The summed E-state index contributed by atoms with van der Waals surface area (Å²) in [6, 6.07) is 0.975. The lowest BCUT2D eigenvalue weighted by Gasteiger charge is -2.36. The van der Waals surface area contributed by atoms with E-state index < -0.39 is 0 Å². The van der Waals surface area contributed by atoms with Gasteiger partial charge in [-0.15, -0.1) is 0 Å². The maximum Gasteiger partial charge on any atom is 0.123 e. The molecule has 1 aromatic rings. The molecule has 1 aliphatic rings. The van der Waals surface area contributed by atoms with Crippen LogP contribution in [0.3, 0.4) is 0 Å². The van der Waals surface area contributed by atoms with Crippen LogP contribution in [0.1, 0.15) is 45.5 Å². The molecule has 3 nitrogen and oxygen atoms in total.